The van der Waals surface area contributed by atoms with E-state index in [4.69, 9.17) is 5.73 Å². The number of hydrogen-bond acceptors (Lipinski definition) is 2. The lowest BCUT2D eigenvalue weighted by Crippen LogP contribution is -2.53. The van der Waals surface area contributed by atoms with E-state index in [-0.39, 0.29) is 5.91 Å². The lowest BCUT2D eigenvalue weighted by Gasteiger charge is -2.52. The molecule has 21 heavy (non-hydrogen) atoms. The predicted molar refractivity (Wildman–Crippen MR) is 83.3 cm³/mol. The maximum atomic E-state index is 11.8. The third kappa shape index (κ3) is 1.73. The zero-order chi connectivity index (χ0) is 14.6. The Morgan fingerprint density at radius 1 is 1.33 bits per heavy atom. The number of likely N-dealkylation sites (tertiary alicyclic amines) is 1. The molecule has 1 saturated carbocycles. The molecule has 1 saturated heterocycles. The minimum absolute atomic E-state index is 0.258. The van der Waals surface area contributed by atoms with Gasteiger partial charge in [0.25, 0.3) is 0 Å². The van der Waals surface area contributed by atoms with E-state index in [1.165, 1.54) is 49.9 Å². The van der Waals surface area contributed by atoms with E-state index in [9.17, 15) is 4.79 Å². The summed E-state index contributed by atoms with van der Waals surface area (Å²) in [6, 6.07) is 6.24. The second kappa shape index (κ2) is 4.57. The fourth-order valence-corrected chi connectivity index (χ4v) is 5.54. The number of rotatable bonds is 1. The summed E-state index contributed by atoms with van der Waals surface area (Å²) in [6.45, 7) is 2.38. The minimum atomic E-state index is -0.258. The van der Waals surface area contributed by atoms with Crippen molar-refractivity contribution in [2.24, 2.45) is 17.6 Å². The van der Waals surface area contributed by atoms with Crippen LogP contribution in [0.25, 0.3) is 0 Å². The highest BCUT2D eigenvalue weighted by atomic mass is 16.1. The van der Waals surface area contributed by atoms with Gasteiger partial charge in [0, 0.05) is 17.5 Å². The van der Waals surface area contributed by atoms with Crippen molar-refractivity contribution in [3.8, 4) is 0 Å². The molecule has 3 aliphatic rings. The fraction of sp³-hybridized carbons (Fsp3) is 0.611. The Labute approximate surface area is 126 Å². The average Bonchev–Trinajstić information content (AvgIpc) is 2.80. The standard InChI is InChI=1S/C18H24N2O/c1-20-9-8-18-12(4-2-5-13(18)11-20)10-15-14(17(19)21)6-3-7-16(15)18/h3,6-7,12-13H,2,4-5,8-11H2,1H3,(H2,19,21)/t12-,13+,18+/m1/s1. The van der Waals surface area contributed by atoms with Gasteiger partial charge in [-0.1, -0.05) is 18.6 Å². The Balaban J connectivity index is 1.87. The number of hydrogen-bond donors (Lipinski definition) is 1. The van der Waals surface area contributed by atoms with E-state index >= 15 is 0 Å². The second-order valence-corrected chi connectivity index (χ2v) is 7.28. The molecular weight excluding hydrogens is 260 g/mol. The lowest BCUT2D eigenvalue weighted by atomic mass is 9.56. The van der Waals surface area contributed by atoms with E-state index in [1.54, 1.807) is 0 Å². The Kier molecular flexibility index (Phi) is 2.90. The number of nitrogens with zero attached hydrogens (tertiary/aromatic N) is 1. The van der Waals surface area contributed by atoms with Gasteiger partial charge in [-0.15, -0.1) is 0 Å². The minimum Gasteiger partial charge on any atom is -0.366 e. The number of primary amides is 1. The summed E-state index contributed by atoms with van der Waals surface area (Å²) in [7, 11) is 2.24. The van der Waals surface area contributed by atoms with Gasteiger partial charge in [0.1, 0.15) is 0 Å². The molecule has 0 radical (unpaired) electrons. The molecule has 3 nitrogen and oxygen atoms in total. The van der Waals surface area contributed by atoms with Gasteiger partial charge in [-0.3, -0.25) is 4.79 Å². The highest BCUT2D eigenvalue weighted by Gasteiger charge is 2.55. The zero-order valence-corrected chi connectivity index (χ0v) is 12.8. The number of carbonyl (C=O) groups is 1. The summed E-state index contributed by atoms with van der Waals surface area (Å²) in [5.74, 6) is 1.21. The first kappa shape index (κ1) is 13.3. The number of amides is 1. The predicted octanol–water partition coefficient (Wildman–Crippen LogP) is 2.33. The Hall–Kier alpha value is -1.35. The maximum Gasteiger partial charge on any atom is 0.248 e. The zero-order valence-electron chi connectivity index (χ0n) is 12.8. The molecule has 0 aromatic heterocycles. The first-order chi connectivity index (χ1) is 10.1. The Bertz CT molecular complexity index is 597. The van der Waals surface area contributed by atoms with Gasteiger partial charge in [-0.25, -0.2) is 0 Å². The molecule has 2 fully saturated rings. The van der Waals surface area contributed by atoms with Crippen molar-refractivity contribution in [3.63, 3.8) is 0 Å². The van der Waals surface area contributed by atoms with E-state index < -0.39 is 0 Å². The van der Waals surface area contributed by atoms with Gasteiger partial charge >= 0.3 is 0 Å². The fourth-order valence-electron chi connectivity index (χ4n) is 5.54. The molecule has 3 atom stereocenters. The molecule has 2 aliphatic carbocycles. The monoisotopic (exact) mass is 284 g/mol. The van der Waals surface area contributed by atoms with Crippen LogP contribution in [0.3, 0.4) is 0 Å². The van der Waals surface area contributed by atoms with Crippen LogP contribution in [0.1, 0.15) is 47.2 Å². The van der Waals surface area contributed by atoms with E-state index in [2.05, 4.69) is 18.0 Å². The first-order valence-electron chi connectivity index (χ1n) is 8.23. The van der Waals surface area contributed by atoms with Crippen LogP contribution in [-0.4, -0.2) is 30.9 Å². The summed E-state index contributed by atoms with van der Waals surface area (Å²) in [5.41, 5.74) is 9.44. The molecule has 0 unspecified atom stereocenters. The highest BCUT2D eigenvalue weighted by molar-refractivity contribution is 5.95. The molecule has 4 rings (SSSR count). The summed E-state index contributed by atoms with van der Waals surface area (Å²) in [5, 5.41) is 0. The maximum absolute atomic E-state index is 11.8. The third-order valence-electron chi connectivity index (χ3n) is 6.39. The smallest absolute Gasteiger partial charge is 0.248 e. The number of carbonyl (C=O) groups excluding carboxylic acids is 1. The molecule has 112 valence electrons. The summed E-state index contributed by atoms with van der Waals surface area (Å²) >= 11 is 0. The van der Waals surface area contributed by atoms with E-state index in [1.807, 2.05) is 12.1 Å². The van der Waals surface area contributed by atoms with Gasteiger partial charge < -0.3 is 10.6 Å². The van der Waals surface area contributed by atoms with Crippen LogP contribution in [-0.2, 0) is 11.8 Å². The molecule has 1 heterocycles. The van der Waals surface area contributed by atoms with Gasteiger partial charge in [0.05, 0.1) is 0 Å². The molecule has 1 spiro atoms. The number of piperidine rings is 1. The molecular formula is C18H24N2O. The number of fused-ring (bicyclic) bond motifs is 1. The lowest BCUT2D eigenvalue weighted by molar-refractivity contribution is 0.0347. The van der Waals surface area contributed by atoms with Crippen LogP contribution in [0.2, 0.25) is 0 Å². The second-order valence-electron chi connectivity index (χ2n) is 7.28. The quantitative estimate of drug-likeness (QED) is 0.860. The average molecular weight is 284 g/mol. The van der Waals surface area contributed by atoms with Crippen LogP contribution in [0.15, 0.2) is 18.2 Å². The Morgan fingerprint density at radius 2 is 2.14 bits per heavy atom. The van der Waals surface area contributed by atoms with E-state index in [0.29, 0.717) is 5.41 Å². The molecule has 0 bridgehead atoms. The molecule has 1 aliphatic heterocycles. The molecule has 1 aromatic carbocycles. The Morgan fingerprint density at radius 3 is 2.95 bits per heavy atom. The molecule has 3 heteroatoms. The van der Waals surface area contributed by atoms with Crippen molar-refractivity contribution >= 4 is 5.91 Å². The summed E-state index contributed by atoms with van der Waals surface area (Å²) in [4.78, 5) is 14.3. The topological polar surface area (TPSA) is 46.3 Å². The van der Waals surface area contributed by atoms with Crippen molar-refractivity contribution in [1.29, 1.82) is 0 Å². The molecule has 1 aromatic rings. The van der Waals surface area contributed by atoms with Gasteiger partial charge in [-0.05, 0) is 68.3 Å². The molecule has 1 amide bonds. The van der Waals surface area contributed by atoms with Crippen LogP contribution in [0.5, 0.6) is 0 Å². The van der Waals surface area contributed by atoms with Crippen molar-refractivity contribution in [2.45, 2.75) is 37.5 Å². The van der Waals surface area contributed by atoms with Gasteiger partial charge in [0.2, 0.25) is 5.91 Å². The third-order valence-corrected chi connectivity index (χ3v) is 6.39. The van der Waals surface area contributed by atoms with Crippen LogP contribution >= 0.6 is 0 Å². The van der Waals surface area contributed by atoms with Gasteiger partial charge in [-0.2, -0.15) is 0 Å². The van der Waals surface area contributed by atoms with Crippen LogP contribution < -0.4 is 5.73 Å². The van der Waals surface area contributed by atoms with Crippen molar-refractivity contribution < 1.29 is 4.79 Å². The molecule has 2 N–H and O–H groups in total. The van der Waals surface area contributed by atoms with Crippen molar-refractivity contribution in [2.75, 3.05) is 20.1 Å². The first-order valence-corrected chi connectivity index (χ1v) is 8.23. The van der Waals surface area contributed by atoms with Crippen LogP contribution in [0, 0.1) is 11.8 Å². The largest absolute Gasteiger partial charge is 0.366 e. The number of benzene rings is 1. The van der Waals surface area contributed by atoms with Crippen molar-refractivity contribution in [1.82, 2.24) is 4.90 Å². The summed E-state index contributed by atoms with van der Waals surface area (Å²) in [6.07, 6.45) is 6.29. The summed E-state index contributed by atoms with van der Waals surface area (Å²) < 4.78 is 0. The van der Waals surface area contributed by atoms with Crippen molar-refractivity contribution in [3.05, 3.63) is 34.9 Å². The van der Waals surface area contributed by atoms with Crippen LogP contribution in [0.4, 0.5) is 0 Å². The highest BCUT2D eigenvalue weighted by Crippen LogP contribution is 2.58. The van der Waals surface area contributed by atoms with E-state index in [0.717, 1.165) is 23.8 Å². The van der Waals surface area contributed by atoms with Gasteiger partial charge in [0.15, 0.2) is 0 Å². The normalized spacial score (nSPS) is 34.9. The SMILES string of the molecule is CN1CC[C@]23c4cccc(C(N)=O)c4C[C@H]2CCC[C@H]3C1. The number of nitrogens with two attached hydrogens (primary N) is 1.